The van der Waals surface area contributed by atoms with Crippen LogP contribution in [0, 0.1) is 13.1 Å². The van der Waals surface area contributed by atoms with Crippen molar-refractivity contribution in [1.82, 2.24) is 35.5 Å². The molecule has 368 valence electrons. The Morgan fingerprint density at radius 2 is 1.24 bits per heavy atom. The number of aromatic nitrogens is 4. The van der Waals surface area contributed by atoms with Crippen molar-refractivity contribution in [2.75, 3.05) is 27.2 Å². The molecule has 2 aliphatic rings. The Balaban J connectivity index is 0.000000211. The molecule has 6 aromatic rings. The number of fused-ring (bicyclic) bond motifs is 2. The Hall–Kier alpha value is -7.25. The number of carboxylic acids is 1. The third-order valence-electron chi connectivity index (χ3n) is 11.5. The molecule has 16 nitrogen and oxygen atoms in total. The lowest BCUT2D eigenvalue weighted by Crippen LogP contribution is -2.41. The first kappa shape index (κ1) is 51.6. The van der Waals surface area contributed by atoms with Gasteiger partial charge in [-0.25, -0.2) is 14.5 Å². The van der Waals surface area contributed by atoms with E-state index in [-0.39, 0.29) is 24.2 Å². The van der Waals surface area contributed by atoms with E-state index in [1.54, 1.807) is 51.9 Å². The van der Waals surface area contributed by atoms with Crippen LogP contribution in [0.1, 0.15) is 95.6 Å². The van der Waals surface area contributed by atoms with Gasteiger partial charge in [0.1, 0.15) is 43.7 Å². The highest BCUT2D eigenvalue weighted by Gasteiger charge is 2.36. The molecule has 0 fully saturated rings. The Morgan fingerprint density at radius 1 is 0.746 bits per heavy atom. The third-order valence-corrected chi connectivity index (χ3v) is 13.5. The predicted molar refractivity (Wildman–Crippen MR) is 275 cm³/mol. The summed E-state index contributed by atoms with van der Waals surface area (Å²) in [6, 6.07) is 22.7. The Labute approximate surface area is 422 Å². The summed E-state index contributed by atoms with van der Waals surface area (Å²) in [4.78, 5) is 46.6. The Morgan fingerprint density at radius 3 is 1.72 bits per heavy atom. The zero-order valence-electron chi connectivity index (χ0n) is 41.3. The maximum atomic E-state index is 12.9. The van der Waals surface area contributed by atoms with Gasteiger partial charge in [0.25, 0.3) is 0 Å². The van der Waals surface area contributed by atoms with Crippen molar-refractivity contribution in [2.24, 2.45) is 0 Å². The molecule has 4 aromatic carbocycles. The van der Waals surface area contributed by atoms with Gasteiger partial charge in [-0.1, -0.05) is 71.2 Å². The molecule has 2 aromatic heterocycles. The number of ether oxygens (including phenoxy) is 3. The molecule has 2 amide bonds. The van der Waals surface area contributed by atoms with Gasteiger partial charge in [0, 0.05) is 42.4 Å². The van der Waals surface area contributed by atoms with Crippen LogP contribution in [-0.4, -0.2) is 98.3 Å². The second kappa shape index (κ2) is 22.2. The molecule has 0 saturated heterocycles. The minimum absolute atomic E-state index is 0.00368. The first-order valence-corrected chi connectivity index (χ1v) is 24.9. The molecule has 0 saturated carbocycles. The maximum Gasteiger partial charge on any atom is 0.411 e. The predicted octanol–water partition coefficient (Wildman–Crippen LogP) is 11.4. The van der Waals surface area contributed by atoms with Gasteiger partial charge in [-0.15, -0.1) is 20.4 Å². The van der Waals surface area contributed by atoms with Gasteiger partial charge in [0.2, 0.25) is 17.3 Å². The van der Waals surface area contributed by atoms with Gasteiger partial charge < -0.3 is 29.5 Å². The smallest absolute Gasteiger partial charge is 0.411 e. The largest absolute Gasteiger partial charge is 0.502 e. The number of aliphatic carboxylic acids is 1. The van der Waals surface area contributed by atoms with Crippen molar-refractivity contribution in [2.45, 2.75) is 104 Å². The molecule has 2 heterocycles. The van der Waals surface area contributed by atoms with Gasteiger partial charge in [0.15, 0.2) is 0 Å². The van der Waals surface area contributed by atoms with Gasteiger partial charge in [-0.05, 0) is 121 Å². The van der Waals surface area contributed by atoms with E-state index in [0.29, 0.717) is 52.3 Å². The summed E-state index contributed by atoms with van der Waals surface area (Å²) in [5, 5.41) is 33.6. The fourth-order valence-corrected chi connectivity index (χ4v) is 10.2. The average molecular weight is 996 g/mol. The summed E-state index contributed by atoms with van der Waals surface area (Å²) >= 11 is 2.93. The average Bonchev–Trinajstić information content (AvgIpc) is 4.16. The van der Waals surface area contributed by atoms with Crippen LogP contribution in [0.15, 0.2) is 72.8 Å². The number of hydrogen-bond acceptors (Lipinski definition) is 13. The molecule has 0 unspecified atom stereocenters. The standard InChI is InChI=1S/C28H30N4O5S.C25H27N5O2S/c1-16(2)36-23-13-10-17(14-21(23)29-6)25-30-31-26(38-25)20-9-7-8-19-18(20)11-12-22(19)32(15-24(33)34)27(35)37-28(3,4)5;1-15(2)32-22-12-9-16(13-21(22)26-3)24-28-29-25(33-24)19-8-6-7-18-17(19)10-11-20(18)27-14-23(31)30(4)5/h7-10,13-14,16,22H,11-12,15H2,1-5H3,(H,33,34);6-9,12-13,15,20,27H,10-11,14H2,1-2,4-5H3/t22-;20-/m00/s1. The summed E-state index contributed by atoms with van der Waals surface area (Å²) in [6.45, 7) is 27.9. The van der Waals surface area contributed by atoms with Crippen LogP contribution in [0.2, 0.25) is 0 Å². The van der Waals surface area contributed by atoms with Crippen LogP contribution in [0.5, 0.6) is 11.5 Å². The number of likely N-dealkylation sites (N-methyl/N-ethyl adjacent to an activating group) is 1. The molecule has 2 N–H and O–H groups in total. The number of rotatable bonds is 14. The minimum Gasteiger partial charge on any atom is -0.502 e. The lowest BCUT2D eigenvalue weighted by Gasteiger charge is -2.31. The van der Waals surface area contributed by atoms with Crippen molar-refractivity contribution >= 4 is 52.0 Å². The molecule has 18 heteroatoms. The zero-order valence-corrected chi connectivity index (χ0v) is 42.9. The van der Waals surface area contributed by atoms with Crippen LogP contribution >= 0.6 is 22.7 Å². The number of amides is 2. The lowest BCUT2D eigenvalue weighted by molar-refractivity contribution is -0.139. The van der Waals surface area contributed by atoms with E-state index < -0.39 is 30.3 Å². The van der Waals surface area contributed by atoms with E-state index in [0.717, 1.165) is 56.2 Å². The van der Waals surface area contributed by atoms with E-state index in [2.05, 4.69) is 47.5 Å². The molecule has 2 atom stereocenters. The van der Waals surface area contributed by atoms with E-state index >= 15 is 0 Å². The van der Waals surface area contributed by atoms with E-state index in [1.165, 1.54) is 38.7 Å². The summed E-state index contributed by atoms with van der Waals surface area (Å²) < 4.78 is 17.0. The lowest BCUT2D eigenvalue weighted by atomic mass is 10.0. The first-order chi connectivity index (χ1) is 33.8. The molecule has 2 aliphatic carbocycles. The van der Waals surface area contributed by atoms with Crippen molar-refractivity contribution in [3.63, 3.8) is 0 Å². The number of carbonyl (C=O) groups excluding carboxylic acids is 2. The van der Waals surface area contributed by atoms with Gasteiger partial charge in [-0.2, -0.15) is 0 Å². The zero-order chi connectivity index (χ0) is 51.1. The highest BCUT2D eigenvalue weighted by Crippen LogP contribution is 2.44. The highest BCUT2D eigenvalue weighted by atomic mass is 32.1. The minimum atomic E-state index is -1.10. The first-order valence-electron chi connectivity index (χ1n) is 23.3. The number of hydrogen-bond donors (Lipinski definition) is 2. The summed E-state index contributed by atoms with van der Waals surface area (Å²) in [5.74, 6) is 0.0850. The van der Waals surface area contributed by atoms with E-state index in [1.807, 2.05) is 76.2 Å². The topological polar surface area (TPSA) is 178 Å². The van der Waals surface area contributed by atoms with Crippen molar-refractivity contribution in [1.29, 1.82) is 0 Å². The van der Waals surface area contributed by atoms with Gasteiger partial charge in [0.05, 0.1) is 37.9 Å². The second-order valence-corrected chi connectivity index (χ2v) is 20.8. The molecular weight excluding hydrogens is 939 g/mol. The quantitative estimate of drug-likeness (QED) is 0.0989. The van der Waals surface area contributed by atoms with Crippen molar-refractivity contribution in [3.8, 4) is 53.8 Å². The summed E-state index contributed by atoms with van der Waals surface area (Å²) in [5.41, 5.74) is 8.15. The molecule has 71 heavy (non-hydrogen) atoms. The SMILES string of the molecule is [C-]#[N+]c1cc(-c2nnc(-c3cccc4c3CC[C@@H]4N(CC(=O)O)C(=O)OC(C)(C)C)s2)ccc1OC(C)C.[C-]#[N+]c1cc(-c2nnc(-c3cccc4c3CC[C@@H]4NCC(=O)N(C)C)s2)ccc1OC(C)C. The van der Waals surface area contributed by atoms with Crippen molar-refractivity contribution < 1.29 is 33.7 Å². The van der Waals surface area contributed by atoms with Gasteiger partial charge in [-0.3, -0.25) is 14.5 Å². The van der Waals surface area contributed by atoms with Crippen LogP contribution in [0.4, 0.5) is 16.2 Å². The van der Waals surface area contributed by atoms with Crippen LogP contribution in [0.3, 0.4) is 0 Å². The second-order valence-electron chi connectivity index (χ2n) is 18.8. The highest BCUT2D eigenvalue weighted by molar-refractivity contribution is 7.18. The van der Waals surface area contributed by atoms with Crippen LogP contribution in [0.25, 0.3) is 52.0 Å². The van der Waals surface area contributed by atoms with E-state index in [9.17, 15) is 19.5 Å². The summed E-state index contributed by atoms with van der Waals surface area (Å²) in [6.07, 6.45) is 2.43. The maximum absolute atomic E-state index is 12.9. The molecule has 0 spiro atoms. The monoisotopic (exact) mass is 995 g/mol. The fraction of sp³-hybridized carbons (Fsp3) is 0.377. The van der Waals surface area contributed by atoms with Crippen LogP contribution < -0.4 is 14.8 Å². The molecule has 0 bridgehead atoms. The fourth-order valence-electron chi connectivity index (χ4n) is 8.44. The Bertz CT molecular complexity index is 3020. The number of nitrogens with one attached hydrogen (secondary N) is 1. The normalized spacial score (nSPS) is 14.7. The molecule has 0 radical (unpaired) electrons. The Kier molecular flexibility index (Phi) is 16.2. The third kappa shape index (κ3) is 12.4. The number of carbonyl (C=O) groups is 3. The van der Waals surface area contributed by atoms with Crippen LogP contribution in [-0.2, 0) is 27.2 Å². The molecule has 0 aliphatic heterocycles. The number of carboxylic acid groups (broad SMARTS) is 1. The summed E-state index contributed by atoms with van der Waals surface area (Å²) in [7, 11) is 3.54. The molecule has 8 rings (SSSR count). The number of nitrogens with zero attached hydrogens (tertiary/aromatic N) is 8. The van der Waals surface area contributed by atoms with E-state index in [4.69, 9.17) is 27.4 Å². The molecular formula is C53H57N9O7S2. The van der Waals surface area contributed by atoms with Crippen molar-refractivity contribution in [3.05, 3.63) is 118 Å². The van der Waals surface area contributed by atoms with Gasteiger partial charge >= 0.3 is 12.1 Å². The number of benzene rings is 4.